The summed E-state index contributed by atoms with van der Waals surface area (Å²) in [5.74, 6) is 2.03. The predicted molar refractivity (Wildman–Crippen MR) is 92.3 cm³/mol. The molecule has 1 aliphatic heterocycles. The van der Waals surface area contributed by atoms with Crippen LogP contribution in [0.4, 0.5) is 0 Å². The fourth-order valence-electron chi connectivity index (χ4n) is 3.16. The summed E-state index contributed by atoms with van der Waals surface area (Å²) in [6.07, 6.45) is 2.23. The molecule has 0 aliphatic carbocycles. The van der Waals surface area contributed by atoms with Gasteiger partial charge in [-0.25, -0.2) is 4.57 Å². The quantitative estimate of drug-likeness (QED) is 0.692. The molecule has 0 radical (unpaired) electrons. The molecule has 0 saturated carbocycles. The van der Waals surface area contributed by atoms with Gasteiger partial charge in [-0.3, -0.25) is 0 Å². The molecule has 4 nitrogen and oxygen atoms in total. The first-order valence-electron chi connectivity index (χ1n) is 8.19. The molecule has 4 rings (SSSR count). The van der Waals surface area contributed by atoms with E-state index in [0.717, 1.165) is 24.6 Å². The van der Waals surface area contributed by atoms with Crippen LogP contribution in [0, 0.1) is 6.92 Å². The van der Waals surface area contributed by atoms with Gasteiger partial charge in [-0.05, 0) is 31.2 Å². The summed E-state index contributed by atoms with van der Waals surface area (Å²) >= 11 is 0. The number of rotatable bonds is 3. The van der Waals surface area contributed by atoms with Crippen LogP contribution in [0.5, 0.6) is 5.75 Å². The Morgan fingerprint density at radius 1 is 1.04 bits per heavy atom. The molecule has 3 aromatic rings. The zero-order valence-electron chi connectivity index (χ0n) is 14.0. The first kappa shape index (κ1) is 15.0. The highest BCUT2D eigenvalue weighted by Gasteiger charge is 2.28. The third kappa shape index (κ3) is 2.59. The van der Waals surface area contributed by atoms with E-state index in [2.05, 4.69) is 58.7 Å². The van der Waals surface area contributed by atoms with E-state index in [4.69, 9.17) is 9.47 Å². The topological polar surface area (TPSA) is 27.3 Å². The summed E-state index contributed by atoms with van der Waals surface area (Å²) < 4.78 is 15.6. The SMILES string of the molecule is COc1ccc(-n2c(-c3ccc(C)cc3)c[n+]3c2COCC3)cc1. The standard InChI is InChI=1S/C20H21N2O2/c1-15-3-5-16(6-4-15)19-13-21-11-12-24-14-20(21)22(19)17-7-9-18(23-2)10-8-17/h3-10,13H,11-12,14H2,1-2H3/q+1. The maximum Gasteiger partial charge on any atom is 0.288 e. The Bertz CT molecular complexity index is 849. The number of fused-ring (bicyclic) bond motifs is 1. The Hall–Kier alpha value is -2.59. The molecule has 1 aliphatic rings. The highest BCUT2D eigenvalue weighted by Crippen LogP contribution is 2.27. The van der Waals surface area contributed by atoms with Gasteiger partial charge in [0.05, 0.1) is 13.7 Å². The highest BCUT2D eigenvalue weighted by atomic mass is 16.5. The lowest BCUT2D eigenvalue weighted by atomic mass is 10.1. The van der Waals surface area contributed by atoms with Crippen LogP contribution in [-0.2, 0) is 17.9 Å². The first-order chi connectivity index (χ1) is 11.8. The highest BCUT2D eigenvalue weighted by molar-refractivity contribution is 5.62. The van der Waals surface area contributed by atoms with Crippen molar-refractivity contribution >= 4 is 0 Å². The fourth-order valence-corrected chi connectivity index (χ4v) is 3.16. The summed E-state index contributed by atoms with van der Waals surface area (Å²) in [6.45, 7) is 4.38. The first-order valence-corrected chi connectivity index (χ1v) is 8.19. The normalized spacial score (nSPS) is 13.6. The predicted octanol–water partition coefficient (Wildman–Crippen LogP) is 3.28. The molecular weight excluding hydrogens is 300 g/mol. The molecule has 0 saturated heterocycles. The second kappa shape index (κ2) is 6.13. The average molecular weight is 321 g/mol. The Kier molecular flexibility index (Phi) is 3.82. The third-order valence-corrected chi connectivity index (χ3v) is 4.49. The second-order valence-electron chi connectivity index (χ2n) is 6.08. The maximum absolute atomic E-state index is 5.70. The number of hydrogen-bond acceptors (Lipinski definition) is 2. The van der Waals surface area contributed by atoms with E-state index in [0.29, 0.717) is 6.61 Å². The summed E-state index contributed by atoms with van der Waals surface area (Å²) in [5, 5.41) is 0. The van der Waals surface area contributed by atoms with Crippen LogP contribution in [0.1, 0.15) is 11.4 Å². The number of aromatic nitrogens is 2. The minimum Gasteiger partial charge on any atom is -0.497 e. The van der Waals surface area contributed by atoms with Crippen molar-refractivity contribution < 1.29 is 14.0 Å². The Morgan fingerprint density at radius 2 is 1.79 bits per heavy atom. The number of imidazole rings is 1. The van der Waals surface area contributed by atoms with Gasteiger partial charge in [0, 0.05) is 5.56 Å². The van der Waals surface area contributed by atoms with Gasteiger partial charge in [0.2, 0.25) is 0 Å². The number of methoxy groups -OCH3 is 1. The van der Waals surface area contributed by atoms with Crippen molar-refractivity contribution in [1.82, 2.24) is 4.57 Å². The Balaban J connectivity index is 1.89. The zero-order chi connectivity index (χ0) is 16.5. The molecule has 0 amide bonds. The van der Waals surface area contributed by atoms with E-state index in [9.17, 15) is 0 Å². The molecule has 24 heavy (non-hydrogen) atoms. The largest absolute Gasteiger partial charge is 0.497 e. The van der Waals surface area contributed by atoms with Crippen LogP contribution in [-0.4, -0.2) is 18.3 Å². The van der Waals surface area contributed by atoms with Crippen LogP contribution >= 0.6 is 0 Å². The Labute approximate surface area is 141 Å². The monoisotopic (exact) mass is 321 g/mol. The third-order valence-electron chi connectivity index (χ3n) is 4.49. The number of benzene rings is 2. The minimum absolute atomic E-state index is 0.623. The van der Waals surface area contributed by atoms with Crippen LogP contribution in [0.15, 0.2) is 54.7 Å². The maximum atomic E-state index is 5.70. The Morgan fingerprint density at radius 3 is 2.50 bits per heavy atom. The lowest BCUT2D eigenvalue weighted by molar-refractivity contribution is -0.716. The van der Waals surface area contributed by atoms with E-state index in [1.807, 2.05) is 12.1 Å². The summed E-state index contributed by atoms with van der Waals surface area (Å²) in [6, 6.07) is 16.8. The molecule has 0 spiro atoms. The van der Waals surface area contributed by atoms with Gasteiger partial charge in [0.15, 0.2) is 5.69 Å². The summed E-state index contributed by atoms with van der Waals surface area (Å²) in [5.41, 5.74) is 4.77. The minimum atomic E-state index is 0.623. The van der Waals surface area contributed by atoms with Crippen molar-refractivity contribution in [2.45, 2.75) is 20.1 Å². The van der Waals surface area contributed by atoms with E-state index >= 15 is 0 Å². The van der Waals surface area contributed by atoms with Gasteiger partial charge in [0.1, 0.15) is 30.8 Å². The zero-order valence-corrected chi connectivity index (χ0v) is 14.0. The number of nitrogens with zero attached hydrogens (tertiary/aromatic N) is 2. The van der Waals surface area contributed by atoms with Crippen molar-refractivity contribution in [3.63, 3.8) is 0 Å². The molecule has 1 aromatic heterocycles. The van der Waals surface area contributed by atoms with E-state index in [1.54, 1.807) is 7.11 Å². The van der Waals surface area contributed by atoms with Gasteiger partial charge >= 0.3 is 0 Å². The van der Waals surface area contributed by atoms with E-state index < -0.39 is 0 Å². The molecule has 122 valence electrons. The molecule has 2 aromatic carbocycles. The van der Waals surface area contributed by atoms with Crippen LogP contribution in [0.3, 0.4) is 0 Å². The lowest BCUT2D eigenvalue weighted by Crippen LogP contribution is -2.43. The van der Waals surface area contributed by atoms with Crippen LogP contribution in [0.25, 0.3) is 16.9 Å². The fraction of sp³-hybridized carbons (Fsp3) is 0.250. The van der Waals surface area contributed by atoms with Crippen LogP contribution < -0.4 is 9.30 Å². The molecule has 0 bridgehead atoms. The number of ether oxygens (including phenoxy) is 2. The number of hydrogen-bond donors (Lipinski definition) is 0. The van der Waals surface area contributed by atoms with Crippen molar-refractivity contribution in [3.8, 4) is 22.7 Å². The van der Waals surface area contributed by atoms with Gasteiger partial charge in [-0.2, -0.15) is 4.57 Å². The summed E-state index contributed by atoms with van der Waals surface area (Å²) in [4.78, 5) is 0. The average Bonchev–Trinajstić information content (AvgIpc) is 3.02. The van der Waals surface area contributed by atoms with Crippen molar-refractivity contribution in [1.29, 1.82) is 0 Å². The molecular formula is C20H21N2O2+. The van der Waals surface area contributed by atoms with Crippen molar-refractivity contribution in [2.24, 2.45) is 0 Å². The molecule has 0 atom stereocenters. The van der Waals surface area contributed by atoms with Crippen molar-refractivity contribution in [2.75, 3.05) is 13.7 Å². The van der Waals surface area contributed by atoms with E-state index in [-0.39, 0.29) is 0 Å². The van der Waals surface area contributed by atoms with E-state index in [1.165, 1.54) is 22.6 Å². The van der Waals surface area contributed by atoms with Gasteiger partial charge in [-0.15, -0.1) is 0 Å². The van der Waals surface area contributed by atoms with Crippen molar-refractivity contribution in [3.05, 3.63) is 66.1 Å². The summed E-state index contributed by atoms with van der Waals surface area (Å²) in [7, 11) is 1.69. The number of aryl methyl sites for hydroxylation is 1. The smallest absolute Gasteiger partial charge is 0.288 e. The molecule has 0 fully saturated rings. The van der Waals surface area contributed by atoms with Gasteiger partial charge < -0.3 is 9.47 Å². The van der Waals surface area contributed by atoms with Gasteiger partial charge in [-0.1, -0.05) is 29.8 Å². The van der Waals surface area contributed by atoms with Gasteiger partial charge in [0.25, 0.3) is 5.82 Å². The lowest BCUT2D eigenvalue weighted by Gasteiger charge is -2.11. The second-order valence-corrected chi connectivity index (χ2v) is 6.08. The molecule has 0 unspecified atom stereocenters. The molecule has 2 heterocycles. The molecule has 4 heteroatoms. The van der Waals surface area contributed by atoms with Crippen LogP contribution in [0.2, 0.25) is 0 Å². The molecule has 0 N–H and O–H groups in total.